The highest BCUT2D eigenvalue weighted by Gasteiger charge is 2.28. The van der Waals surface area contributed by atoms with Gasteiger partial charge in [-0.1, -0.05) is 17.4 Å². The second-order valence-electron chi connectivity index (χ2n) is 8.13. The van der Waals surface area contributed by atoms with Crippen molar-refractivity contribution in [3.8, 4) is 0 Å². The first-order chi connectivity index (χ1) is 15.4. The van der Waals surface area contributed by atoms with Crippen LogP contribution in [0.4, 0.5) is 5.13 Å². The maximum atomic E-state index is 12.9. The summed E-state index contributed by atoms with van der Waals surface area (Å²) >= 11 is 2.83. The number of carbonyl (C=O) groups excluding carboxylic acids is 2. The largest absolute Gasteiger partial charge is 0.354 e. The maximum Gasteiger partial charge on any atom is 0.273 e. The molecule has 11 heteroatoms. The molecule has 3 aromatic rings. The number of amides is 2. The molecule has 4 rings (SSSR count). The molecule has 3 aromatic heterocycles. The van der Waals surface area contributed by atoms with Crippen LogP contribution in [0.15, 0.2) is 28.6 Å². The molecule has 1 aliphatic rings. The first kappa shape index (κ1) is 22.4. The molecular weight excluding hydrogens is 448 g/mol. The van der Waals surface area contributed by atoms with Crippen LogP contribution < -0.4 is 21.1 Å². The van der Waals surface area contributed by atoms with E-state index in [1.54, 1.807) is 11.3 Å². The van der Waals surface area contributed by atoms with E-state index in [9.17, 15) is 14.4 Å². The second-order valence-corrected chi connectivity index (χ2v) is 10.1. The molecule has 170 valence electrons. The zero-order chi connectivity index (χ0) is 22.7. The van der Waals surface area contributed by atoms with Crippen molar-refractivity contribution in [2.75, 3.05) is 18.0 Å². The van der Waals surface area contributed by atoms with Crippen LogP contribution in [-0.2, 0) is 22.7 Å². The van der Waals surface area contributed by atoms with Gasteiger partial charge >= 0.3 is 0 Å². The molecule has 0 saturated carbocycles. The van der Waals surface area contributed by atoms with Gasteiger partial charge in [0, 0.05) is 24.0 Å². The van der Waals surface area contributed by atoms with Crippen LogP contribution in [0.25, 0.3) is 10.3 Å². The lowest BCUT2D eigenvalue weighted by Crippen LogP contribution is -2.44. The monoisotopic (exact) mass is 474 g/mol. The van der Waals surface area contributed by atoms with E-state index >= 15 is 0 Å². The second kappa shape index (κ2) is 9.78. The van der Waals surface area contributed by atoms with Crippen LogP contribution in [0.3, 0.4) is 0 Å². The fourth-order valence-electron chi connectivity index (χ4n) is 3.66. The number of hydrogen-bond donors (Lipinski definition) is 2. The topological polar surface area (TPSA) is 109 Å². The molecule has 4 heterocycles. The van der Waals surface area contributed by atoms with E-state index in [1.165, 1.54) is 22.2 Å². The van der Waals surface area contributed by atoms with Crippen molar-refractivity contribution in [3.05, 3.63) is 39.1 Å². The number of thiophene rings is 1. The number of nitrogens with one attached hydrogen (secondary N) is 2. The van der Waals surface area contributed by atoms with Crippen molar-refractivity contribution in [2.24, 2.45) is 5.92 Å². The van der Waals surface area contributed by atoms with E-state index in [4.69, 9.17) is 0 Å². The van der Waals surface area contributed by atoms with Gasteiger partial charge < -0.3 is 15.5 Å². The van der Waals surface area contributed by atoms with Crippen molar-refractivity contribution in [1.29, 1.82) is 0 Å². The van der Waals surface area contributed by atoms with E-state index in [2.05, 4.69) is 25.5 Å². The number of nitrogens with zero attached hydrogens (tertiary/aromatic N) is 4. The third kappa shape index (κ3) is 5.16. The Morgan fingerprint density at radius 1 is 1.34 bits per heavy atom. The van der Waals surface area contributed by atoms with Gasteiger partial charge in [0.05, 0.1) is 12.5 Å². The molecule has 1 atom stereocenters. The van der Waals surface area contributed by atoms with Crippen molar-refractivity contribution in [3.63, 3.8) is 0 Å². The zero-order valence-electron chi connectivity index (χ0n) is 18.0. The summed E-state index contributed by atoms with van der Waals surface area (Å²) in [5.74, 6) is -0.295. The Balaban J connectivity index is 1.46. The number of thiazole rings is 1. The smallest absolute Gasteiger partial charge is 0.273 e. The first-order valence-corrected chi connectivity index (χ1v) is 12.3. The minimum absolute atomic E-state index is 0.0554. The quantitative estimate of drug-likeness (QED) is 0.542. The lowest BCUT2D eigenvalue weighted by molar-refractivity contribution is -0.125. The number of rotatable bonds is 7. The van der Waals surface area contributed by atoms with Gasteiger partial charge in [-0.3, -0.25) is 19.0 Å². The summed E-state index contributed by atoms with van der Waals surface area (Å²) in [6.45, 7) is 5.59. The lowest BCUT2D eigenvalue weighted by atomic mass is 9.97. The van der Waals surface area contributed by atoms with Crippen molar-refractivity contribution in [1.82, 2.24) is 25.2 Å². The molecule has 0 radical (unpaired) electrons. The van der Waals surface area contributed by atoms with Crippen molar-refractivity contribution in [2.45, 2.75) is 45.8 Å². The number of anilines is 1. The lowest BCUT2D eigenvalue weighted by Gasteiger charge is -2.32. The van der Waals surface area contributed by atoms with Crippen LogP contribution in [0.5, 0.6) is 0 Å². The van der Waals surface area contributed by atoms with Gasteiger partial charge in [-0.2, -0.15) is 4.98 Å². The van der Waals surface area contributed by atoms with Crippen LogP contribution >= 0.6 is 22.7 Å². The van der Waals surface area contributed by atoms with E-state index in [-0.39, 0.29) is 35.9 Å². The molecule has 1 aliphatic heterocycles. The Kier molecular flexibility index (Phi) is 6.85. The van der Waals surface area contributed by atoms with Gasteiger partial charge in [-0.25, -0.2) is 4.98 Å². The minimum Gasteiger partial charge on any atom is -0.354 e. The summed E-state index contributed by atoms with van der Waals surface area (Å²) in [4.78, 5) is 49.5. The molecule has 0 unspecified atom stereocenters. The van der Waals surface area contributed by atoms with E-state index in [0.29, 0.717) is 28.6 Å². The van der Waals surface area contributed by atoms with Crippen LogP contribution in [-0.4, -0.2) is 45.5 Å². The normalized spacial score (nSPS) is 16.5. The third-order valence-corrected chi connectivity index (χ3v) is 7.19. The number of aromatic nitrogens is 3. The van der Waals surface area contributed by atoms with Crippen LogP contribution in [0, 0.1) is 5.92 Å². The predicted octanol–water partition coefficient (Wildman–Crippen LogP) is 1.97. The molecule has 32 heavy (non-hydrogen) atoms. The van der Waals surface area contributed by atoms with E-state index in [0.717, 1.165) is 24.3 Å². The molecule has 2 amide bonds. The molecular formula is C21H26N6O3S2. The SMILES string of the molecule is CC(C)NC(=O)[C@H]1CCCN(c2nc3ncn(CC(=O)NCc4cccs4)c(=O)c3s2)C1. The highest BCUT2D eigenvalue weighted by Crippen LogP contribution is 2.29. The van der Waals surface area contributed by atoms with E-state index < -0.39 is 0 Å². The molecule has 9 nitrogen and oxygen atoms in total. The van der Waals surface area contributed by atoms with Crippen molar-refractivity contribution < 1.29 is 9.59 Å². The number of carbonyl (C=O) groups is 2. The van der Waals surface area contributed by atoms with Crippen LogP contribution in [0.2, 0.25) is 0 Å². The molecule has 0 bridgehead atoms. The maximum absolute atomic E-state index is 12.9. The van der Waals surface area contributed by atoms with Crippen molar-refractivity contribution >= 4 is 50.0 Å². The highest BCUT2D eigenvalue weighted by molar-refractivity contribution is 7.22. The van der Waals surface area contributed by atoms with Crippen LogP contribution in [0.1, 0.15) is 31.6 Å². The molecule has 1 fully saturated rings. The standard InChI is InChI=1S/C21H26N6O3S2/c1-13(2)24-19(29)14-5-3-7-26(10-14)21-25-18-17(32-21)20(30)27(12-23-18)11-16(28)22-9-15-6-4-8-31-15/h4,6,8,12-14H,3,5,7,9-11H2,1-2H3,(H,22,28)(H,24,29)/t14-/m0/s1. The van der Waals surface area contributed by atoms with Gasteiger partial charge in [-0.15, -0.1) is 11.3 Å². The predicted molar refractivity (Wildman–Crippen MR) is 126 cm³/mol. The van der Waals surface area contributed by atoms with Gasteiger partial charge in [0.1, 0.15) is 17.6 Å². The average molecular weight is 475 g/mol. The summed E-state index contributed by atoms with van der Waals surface area (Å²) in [7, 11) is 0. The molecule has 2 N–H and O–H groups in total. The molecule has 1 saturated heterocycles. The number of piperidine rings is 1. The molecule has 0 aliphatic carbocycles. The van der Waals surface area contributed by atoms with Gasteiger partial charge in [0.15, 0.2) is 10.8 Å². The van der Waals surface area contributed by atoms with E-state index in [1.807, 2.05) is 31.4 Å². The zero-order valence-corrected chi connectivity index (χ0v) is 19.7. The Labute approximate surface area is 193 Å². The minimum atomic E-state index is -0.281. The summed E-state index contributed by atoms with van der Waals surface area (Å²) in [6, 6.07) is 3.98. The summed E-state index contributed by atoms with van der Waals surface area (Å²) in [5.41, 5.74) is 0.0927. The summed E-state index contributed by atoms with van der Waals surface area (Å²) in [6.07, 6.45) is 3.09. The Hall–Kier alpha value is -2.79. The highest BCUT2D eigenvalue weighted by atomic mass is 32.1. The van der Waals surface area contributed by atoms with Gasteiger partial charge in [0.25, 0.3) is 5.56 Å². The first-order valence-electron chi connectivity index (χ1n) is 10.6. The summed E-state index contributed by atoms with van der Waals surface area (Å²) < 4.78 is 1.73. The van der Waals surface area contributed by atoms with Gasteiger partial charge in [-0.05, 0) is 38.1 Å². The molecule has 0 aromatic carbocycles. The third-order valence-electron chi connectivity index (χ3n) is 5.22. The van der Waals surface area contributed by atoms with Gasteiger partial charge in [0.2, 0.25) is 11.8 Å². The fourth-order valence-corrected chi connectivity index (χ4v) is 5.31. The number of hydrogen-bond acceptors (Lipinski definition) is 8. The Bertz CT molecular complexity index is 1150. The number of fused-ring (bicyclic) bond motifs is 1. The Morgan fingerprint density at radius 2 is 2.19 bits per heavy atom. The fraction of sp³-hybridized carbons (Fsp3) is 0.476. The summed E-state index contributed by atoms with van der Waals surface area (Å²) in [5, 5.41) is 8.44. The Morgan fingerprint density at radius 3 is 2.94 bits per heavy atom. The molecule has 0 spiro atoms. The average Bonchev–Trinajstić information content (AvgIpc) is 3.44.